The van der Waals surface area contributed by atoms with Gasteiger partial charge in [0, 0.05) is 20.1 Å². The second kappa shape index (κ2) is 12.6. The van der Waals surface area contributed by atoms with Gasteiger partial charge in [0.05, 0.1) is 6.54 Å². The van der Waals surface area contributed by atoms with Gasteiger partial charge in [-0.2, -0.15) is 0 Å². The molecule has 28 heavy (non-hydrogen) atoms. The van der Waals surface area contributed by atoms with Gasteiger partial charge >= 0.3 is 0 Å². The minimum absolute atomic E-state index is 0. The van der Waals surface area contributed by atoms with Crippen molar-refractivity contribution in [3.05, 3.63) is 65.2 Å². The maximum Gasteiger partial charge on any atom is 0.191 e. The van der Waals surface area contributed by atoms with Crippen LogP contribution in [0.3, 0.4) is 0 Å². The van der Waals surface area contributed by atoms with Gasteiger partial charge in [-0.1, -0.05) is 36.4 Å². The molecule has 0 aromatic heterocycles. The molecular weight excluding hydrogens is 463 g/mol. The zero-order chi connectivity index (χ0) is 19.6. The Morgan fingerprint density at radius 1 is 1.07 bits per heavy atom. The molecule has 0 radical (unpaired) electrons. The summed E-state index contributed by atoms with van der Waals surface area (Å²) >= 11 is 0. The quantitative estimate of drug-likeness (QED) is 0.332. The molecule has 0 bridgehead atoms. The first-order valence-electron chi connectivity index (χ1n) is 9.37. The number of ether oxygens (including phenoxy) is 1. The number of hydrogen-bond acceptors (Lipinski definition) is 3. The number of nitrogens with one attached hydrogen (secondary N) is 2. The molecule has 0 amide bonds. The summed E-state index contributed by atoms with van der Waals surface area (Å²) in [7, 11) is 5.95. The average Bonchev–Trinajstić information content (AvgIpc) is 2.62. The highest BCUT2D eigenvalue weighted by Gasteiger charge is 2.07. The molecule has 0 aliphatic heterocycles. The van der Waals surface area contributed by atoms with E-state index in [1.165, 1.54) is 16.7 Å². The Morgan fingerprint density at radius 2 is 1.79 bits per heavy atom. The average molecular weight is 496 g/mol. The summed E-state index contributed by atoms with van der Waals surface area (Å²) < 4.78 is 5.96. The molecule has 0 aliphatic carbocycles. The topological polar surface area (TPSA) is 48.9 Å². The van der Waals surface area contributed by atoms with Crippen molar-refractivity contribution in [3.63, 3.8) is 0 Å². The number of aliphatic imine (C=N–C) groups is 1. The summed E-state index contributed by atoms with van der Waals surface area (Å²) in [6.45, 7) is 6.44. The lowest BCUT2D eigenvalue weighted by molar-refractivity contribution is 0.223. The van der Waals surface area contributed by atoms with Crippen molar-refractivity contribution in [2.24, 2.45) is 4.99 Å². The molecule has 5 nitrogen and oxygen atoms in total. The zero-order valence-electron chi connectivity index (χ0n) is 17.5. The van der Waals surface area contributed by atoms with Gasteiger partial charge in [0.25, 0.3) is 0 Å². The van der Waals surface area contributed by atoms with E-state index >= 15 is 0 Å². The third-order valence-corrected chi connectivity index (χ3v) is 4.16. The van der Waals surface area contributed by atoms with Gasteiger partial charge in [-0.25, -0.2) is 0 Å². The summed E-state index contributed by atoms with van der Waals surface area (Å²) in [5, 5.41) is 6.73. The van der Waals surface area contributed by atoms with Gasteiger partial charge < -0.3 is 20.3 Å². The lowest BCUT2D eigenvalue weighted by atomic mass is 10.1. The van der Waals surface area contributed by atoms with E-state index in [0.717, 1.165) is 24.8 Å². The summed E-state index contributed by atoms with van der Waals surface area (Å²) in [6, 6.07) is 16.6. The minimum atomic E-state index is 0. The highest BCUT2D eigenvalue weighted by Crippen LogP contribution is 2.14. The second-order valence-corrected chi connectivity index (χ2v) is 7.06. The molecule has 0 saturated carbocycles. The lowest BCUT2D eigenvalue weighted by Gasteiger charge is -2.19. The highest BCUT2D eigenvalue weighted by atomic mass is 127. The molecule has 0 spiro atoms. The van der Waals surface area contributed by atoms with Crippen molar-refractivity contribution in [2.45, 2.75) is 33.0 Å². The highest BCUT2D eigenvalue weighted by molar-refractivity contribution is 14.0. The Morgan fingerprint density at radius 3 is 2.43 bits per heavy atom. The van der Waals surface area contributed by atoms with E-state index in [1.807, 2.05) is 18.2 Å². The van der Waals surface area contributed by atoms with E-state index in [-0.39, 0.29) is 30.1 Å². The number of guanidine groups is 1. The van der Waals surface area contributed by atoms with Gasteiger partial charge in [-0.05, 0) is 56.8 Å². The van der Waals surface area contributed by atoms with Crippen LogP contribution in [-0.4, -0.2) is 44.7 Å². The van der Waals surface area contributed by atoms with Crippen LogP contribution < -0.4 is 15.4 Å². The smallest absolute Gasteiger partial charge is 0.191 e. The van der Waals surface area contributed by atoms with Crippen molar-refractivity contribution in [2.75, 3.05) is 27.7 Å². The van der Waals surface area contributed by atoms with E-state index in [9.17, 15) is 0 Å². The van der Waals surface area contributed by atoms with E-state index in [1.54, 1.807) is 7.05 Å². The molecule has 154 valence electrons. The summed E-state index contributed by atoms with van der Waals surface area (Å²) in [4.78, 5) is 6.49. The molecular formula is C22H33IN4O. The van der Waals surface area contributed by atoms with Crippen LogP contribution in [0.25, 0.3) is 0 Å². The summed E-state index contributed by atoms with van der Waals surface area (Å²) in [6.07, 6.45) is 0.0337. The normalized spacial score (nSPS) is 12.3. The van der Waals surface area contributed by atoms with E-state index in [2.05, 4.69) is 78.8 Å². The summed E-state index contributed by atoms with van der Waals surface area (Å²) in [5.41, 5.74) is 3.79. The number of nitrogens with zero attached hydrogens (tertiary/aromatic N) is 2. The fourth-order valence-electron chi connectivity index (χ4n) is 2.83. The molecule has 1 unspecified atom stereocenters. The minimum Gasteiger partial charge on any atom is -0.489 e. The van der Waals surface area contributed by atoms with Crippen LogP contribution in [0.2, 0.25) is 0 Å². The maximum atomic E-state index is 5.96. The largest absolute Gasteiger partial charge is 0.489 e. The first kappa shape index (κ1) is 24.2. The molecule has 0 heterocycles. The fourth-order valence-corrected chi connectivity index (χ4v) is 2.83. The molecule has 0 fully saturated rings. The Bertz CT molecular complexity index is 749. The molecule has 0 aliphatic rings. The van der Waals surface area contributed by atoms with Crippen molar-refractivity contribution in [3.8, 4) is 5.75 Å². The summed E-state index contributed by atoms with van der Waals surface area (Å²) in [5.74, 6) is 1.67. The third kappa shape index (κ3) is 8.48. The lowest BCUT2D eigenvalue weighted by Crippen LogP contribution is -2.41. The van der Waals surface area contributed by atoms with Crippen LogP contribution in [0.5, 0.6) is 5.75 Å². The molecule has 2 aromatic carbocycles. The number of halogens is 1. The Hall–Kier alpha value is -1.80. The van der Waals surface area contributed by atoms with Crippen LogP contribution in [-0.2, 0) is 13.1 Å². The van der Waals surface area contributed by atoms with Gasteiger partial charge in [-0.15, -0.1) is 24.0 Å². The fraction of sp³-hybridized carbons (Fsp3) is 0.409. The molecule has 2 N–H and O–H groups in total. The van der Waals surface area contributed by atoms with Crippen LogP contribution in [0.1, 0.15) is 23.6 Å². The molecule has 2 rings (SSSR count). The van der Waals surface area contributed by atoms with Gasteiger partial charge in [0.2, 0.25) is 0 Å². The van der Waals surface area contributed by atoms with Crippen LogP contribution in [0.15, 0.2) is 53.5 Å². The van der Waals surface area contributed by atoms with Crippen LogP contribution in [0, 0.1) is 6.92 Å². The molecule has 2 aromatic rings. The van der Waals surface area contributed by atoms with Crippen molar-refractivity contribution in [1.82, 2.24) is 15.5 Å². The number of hydrogen-bond donors (Lipinski definition) is 2. The number of benzene rings is 2. The SMILES string of the molecule is CN=C(NCc1ccccc1CN(C)C)NCC(C)Oc1cccc(C)c1.I. The molecule has 6 heteroatoms. The monoisotopic (exact) mass is 496 g/mol. The molecule has 0 saturated heterocycles. The predicted molar refractivity (Wildman–Crippen MR) is 129 cm³/mol. The van der Waals surface area contributed by atoms with Gasteiger partial charge in [-0.3, -0.25) is 4.99 Å². The first-order chi connectivity index (χ1) is 13.0. The Balaban J connectivity index is 0.00000392. The standard InChI is InChI=1S/C22H32N4O.HI/c1-17-9-8-12-21(13-17)27-18(2)14-24-22(23-3)25-15-19-10-6-7-11-20(19)16-26(4)5;/h6-13,18H,14-16H2,1-5H3,(H2,23,24,25);1H. The van der Waals surface area contributed by atoms with Crippen LogP contribution >= 0.6 is 24.0 Å². The Labute approximate surface area is 186 Å². The van der Waals surface area contributed by atoms with Gasteiger partial charge in [0.15, 0.2) is 5.96 Å². The Kier molecular flexibility index (Phi) is 10.9. The predicted octanol–water partition coefficient (Wildman–Crippen LogP) is 3.81. The van der Waals surface area contributed by atoms with Gasteiger partial charge in [0.1, 0.15) is 11.9 Å². The van der Waals surface area contributed by atoms with E-state index in [0.29, 0.717) is 6.54 Å². The van der Waals surface area contributed by atoms with E-state index < -0.39 is 0 Å². The van der Waals surface area contributed by atoms with E-state index in [4.69, 9.17) is 4.74 Å². The number of aryl methyl sites for hydroxylation is 1. The van der Waals surface area contributed by atoms with Crippen LogP contribution in [0.4, 0.5) is 0 Å². The van der Waals surface area contributed by atoms with Crippen molar-refractivity contribution in [1.29, 1.82) is 0 Å². The van der Waals surface area contributed by atoms with Crippen molar-refractivity contribution < 1.29 is 4.74 Å². The zero-order valence-corrected chi connectivity index (χ0v) is 19.9. The van der Waals surface area contributed by atoms with Crippen molar-refractivity contribution >= 4 is 29.9 Å². The first-order valence-corrected chi connectivity index (χ1v) is 9.37. The second-order valence-electron chi connectivity index (χ2n) is 7.06. The number of rotatable bonds is 8. The molecule has 1 atom stereocenters. The third-order valence-electron chi connectivity index (χ3n) is 4.16. The maximum absolute atomic E-state index is 5.96.